The second kappa shape index (κ2) is 4.42. The average Bonchev–Trinajstić information content (AvgIpc) is 2.94. The van der Waals surface area contributed by atoms with Crippen molar-refractivity contribution in [2.24, 2.45) is 5.92 Å². The molecule has 4 rings (SSSR count). The summed E-state index contributed by atoms with van der Waals surface area (Å²) in [6, 6.07) is 10.6. The highest BCUT2D eigenvalue weighted by molar-refractivity contribution is 5.38. The SMILES string of the molecule is C[C@@H]1CNC[C@H]1c1nc(C2(c3ccccc3)CC2)no1. The first-order valence-corrected chi connectivity index (χ1v) is 7.40. The molecule has 0 spiro atoms. The Morgan fingerprint density at radius 2 is 2.00 bits per heavy atom. The Hall–Kier alpha value is -1.68. The second-order valence-corrected chi connectivity index (χ2v) is 6.15. The van der Waals surface area contributed by atoms with Crippen LogP contribution >= 0.6 is 0 Å². The molecule has 1 aliphatic heterocycles. The minimum absolute atomic E-state index is 0.0122. The maximum atomic E-state index is 5.57. The van der Waals surface area contributed by atoms with Gasteiger partial charge in [-0.15, -0.1) is 0 Å². The summed E-state index contributed by atoms with van der Waals surface area (Å²) in [5, 5.41) is 7.68. The lowest BCUT2D eigenvalue weighted by atomic mass is 9.95. The van der Waals surface area contributed by atoms with Gasteiger partial charge in [0.25, 0.3) is 0 Å². The minimum atomic E-state index is 0.0122. The van der Waals surface area contributed by atoms with Gasteiger partial charge in [-0.2, -0.15) is 4.98 Å². The van der Waals surface area contributed by atoms with Crippen LogP contribution in [0.1, 0.15) is 43.0 Å². The van der Waals surface area contributed by atoms with Gasteiger partial charge >= 0.3 is 0 Å². The van der Waals surface area contributed by atoms with E-state index in [1.54, 1.807) is 0 Å². The van der Waals surface area contributed by atoms with Crippen LogP contribution in [0, 0.1) is 5.92 Å². The fourth-order valence-electron chi connectivity index (χ4n) is 3.24. The standard InChI is InChI=1S/C16H19N3O/c1-11-9-17-10-13(11)14-18-15(19-20-14)16(7-8-16)12-5-3-2-4-6-12/h2-6,11,13,17H,7-10H2,1H3/t11-,13-/m1/s1. The quantitative estimate of drug-likeness (QED) is 0.930. The van der Waals surface area contributed by atoms with Gasteiger partial charge in [0.2, 0.25) is 5.89 Å². The molecule has 2 fully saturated rings. The van der Waals surface area contributed by atoms with Crippen molar-refractivity contribution >= 4 is 0 Å². The smallest absolute Gasteiger partial charge is 0.231 e. The molecule has 2 aliphatic rings. The van der Waals surface area contributed by atoms with Crippen molar-refractivity contribution in [3.8, 4) is 0 Å². The monoisotopic (exact) mass is 269 g/mol. The summed E-state index contributed by atoms with van der Waals surface area (Å²) in [7, 11) is 0. The lowest BCUT2D eigenvalue weighted by molar-refractivity contribution is 0.335. The van der Waals surface area contributed by atoms with Gasteiger partial charge in [0, 0.05) is 6.54 Å². The summed E-state index contributed by atoms with van der Waals surface area (Å²) in [4.78, 5) is 4.74. The molecule has 0 radical (unpaired) electrons. The Balaban J connectivity index is 1.65. The van der Waals surface area contributed by atoms with E-state index in [0.29, 0.717) is 11.8 Å². The number of benzene rings is 1. The lowest BCUT2D eigenvalue weighted by Gasteiger charge is -2.10. The largest absolute Gasteiger partial charge is 0.339 e. The first-order chi connectivity index (χ1) is 9.79. The number of nitrogens with zero attached hydrogens (tertiary/aromatic N) is 2. The van der Waals surface area contributed by atoms with Crippen LogP contribution in [0.4, 0.5) is 0 Å². The van der Waals surface area contributed by atoms with Crippen LogP contribution in [0.3, 0.4) is 0 Å². The highest BCUT2D eigenvalue weighted by Crippen LogP contribution is 2.52. The summed E-state index contributed by atoms with van der Waals surface area (Å²) in [5.41, 5.74) is 1.32. The van der Waals surface area contributed by atoms with E-state index in [-0.39, 0.29) is 5.41 Å². The molecule has 0 unspecified atom stereocenters. The van der Waals surface area contributed by atoms with Gasteiger partial charge in [-0.1, -0.05) is 42.4 Å². The van der Waals surface area contributed by atoms with Crippen LogP contribution in [0.15, 0.2) is 34.9 Å². The van der Waals surface area contributed by atoms with Crippen LogP contribution in [0.5, 0.6) is 0 Å². The van der Waals surface area contributed by atoms with E-state index in [0.717, 1.165) is 37.6 Å². The molecule has 20 heavy (non-hydrogen) atoms. The summed E-state index contributed by atoms with van der Waals surface area (Å²) < 4.78 is 5.57. The first-order valence-electron chi connectivity index (χ1n) is 7.40. The molecule has 104 valence electrons. The van der Waals surface area contributed by atoms with Gasteiger partial charge in [0.05, 0.1) is 11.3 Å². The molecule has 1 saturated carbocycles. The number of rotatable bonds is 3. The van der Waals surface area contributed by atoms with E-state index in [2.05, 4.69) is 41.7 Å². The zero-order valence-electron chi connectivity index (χ0n) is 11.7. The van der Waals surface area contributed by atoms with Crippen LogP contribution < -0.4 is 5.32 Å². The molecule has 1 aliphatic carbocycles. The summed E-state index contributed by atoms with van der Waals surface area (Å²) in [5.74, 6) is 2.61. The van der Waals surface area contributed by atoms with E-state index in [1.165, 1.54) is 5.56 Å². The third kappa shape index (κ3) is 1.79. The molecule has 1 N–H and O–H groups in total. The summed E-state index contributed by atoms with van der Waals surface area (Å²) in [6.07, 6.45) is 2.24. The Labute approximate surface area is 118 Å². The molecule has 4 nitrogen and oxygen atoms in total. The molecule has 1 aromatic carbocycles. The molecular weight excluding hydrogens is 250 g/mol. The predicted octanol–water partition coefficient (Wildman–Crippen LogP) is 2.47. The number of nitrogens with one attached hydrogen (secondary N) is 1. The van der Waals surface area contributed by atoms with Crippen LogP contribution in [-0.4, -0.2) is 23.2 Å². The van der Waals surface area contributed by atoms with Crippen LogP contribution in [0.25, 0.3) is 0 Å². The molecule has 1 aromatic heterocycles. The molecule has 0 bridgehead atoms. The summed E-state index contributed by atoms with van der Waals surface area (Å²) in [6.45, 7) is 4.21. The van der Waals surface area contributed by atoms with Crippen molar-refractivity contribution in [3.63, 3.8) is 0 Å². The van der Waals surface area contributed by atoms with E-state index >= 15 is 0 Å². The van der Waals surface area contributed by atoms with E-state index in [1.807, 2.05) is 6.07 Å². The average molecular weight is 269 g/mol. The second-order valence-electron chi connectivity index (χ2n) is 6.15. The fraction of sp³-hybridized carbons (Fsp3) is 0.500. The Morgan fingerprint density at radius 3 is 2.65 bits per heavy atom. The van der Waals surface area contributed by atoms with Crippen molar-refractivity contribution in [1.82, 2.24) is 15.5 Å². The zero-order valence-corrected chi connectivity index (χ0v) is 11.7. The molecule has 0 amide bonds. The number of hydrogen-bond acceptors (Lipinski definition) is 4. The summed E-state index contributed by atoms with van der Waals surface area (Å²) >= 11 is 0. The van der Waals surface area contributed by atoms with Gasteiger partial charge in [-0.3, -0.25) is 0 Å². The normalized spacial score (nSPS) is 27.6. The maximum Gasteiger partial charge on any atom is 0.231 e. The van der Waals surface area contributed by atoms with E-state index in [9.17, 15) is 0 Å². The fourth-order valence-corrected chi connectivity index (χ4v) is 3.24. The van der Waals surface area contributed by atoms with Gasteiger partial charge in [0.15, 0.2) is 5.82 Å². The Morgan fingerprint density at radius 1 is 1.20 bits per heavy atom. The molecule has 2 atom stereocenters. The third-order valence-electron chi connectivity index (χ3n) is 4.78. The zero-order chi connectivity index (χ0) is 13.6. The predicted molar refractivity (Wildman–Crippen MR) is 75.5 cm³/mol. The van der Waals surface area contributed by atoms with Crippen molar-refractivity contribution in [2.45, 2.75) is 31.1 Å². The number of hydrogen-bond donors (Lipinski definition) is 1. The van der Waals surface area contributed by atoms with Gasteiger partial charge < -0.3 is 9.84 Å². The minimum Gasteiger partial charge on any atom is -0.339 e. The van der Waals surface area contributed by atoms with E-state index in [4.69, 9.17) is 9.51 Å². The van der Waals surface area contributed by atoms with Crippen LogP contribution in [0.2, 0.25) is 0 Å². The van der Waals surface area contributed by atoms with Gasteiger partial charge in [-0.05, 0) is 30.9 Å². The molecule has 2 heterocycles. The van der Waals surface area contributed by atoms with Crippen LogP contribution in [-0.2, 0) is 5.41 Å². The van der Waals surface area contributed by atoms with Crippen molar-refractivity contribution in [3.05, 3.63) is 47.6 Å². The van der Waals surface area contributed by atoms with E-state index < -0.39 is 0 Å². The highest BCUT2D eigenvalue weighted by Gasteiger charge is 2.50. The Kier molecular flexibility index (Phi) is 2.67. The van der Waals surface area contributed by atoms with Gasteiger partial charge in [-0.25, -0.2) is 0 Å². The van der Waals surface area contributed by atoms with Crippen molar-refractivity contribution in [2.75, 3.05) is 13.1 Å². The molecule has 1 saturated heterocycles. The molecular formula is C16H19N3O. The molecule has 4 heteroatoms. The third-order valence-corrected chi connectivity index (χ3v) is 4.78. The van der Waals surface area contributed by atoms with Crippen molar-refractivity contribution in [1.29, 1.82) is 0 Å². The van der Waals surface area contributed by atoms with Crippen molar-refractivity contribution < 1.29 is 4.52 Å². The topological polar surface area (TPSA) is 51.0 Å². The maximum absolute atomic E-state index is 5.57. The number of aromatic nitrogens is 2. The molecule has 2 aromatic rings. The van der Waals surface area contributed by atoms with Gasteiger partial charge in [0.1, 0.15) is 0 Å². The Bertz CT molecular complexity index is 603. The highest BCUT2D eigenvalue weighted by atomic mass is 16.5. The lowest BCUT2D eigenvalue weighted by Crippen LogP contribution is -2.12. The first kappa shape index (κ1) is 12.1.